The molecule has 0 bridgehead atoms. The highest BCUT2D eigenvalue weighted by molar-refractivity contribution is 9.10. The van der Waals surface area contributed by atoms with Gasteiger partial charge in [-0.2, -0.15) is 0 Å². The van der Waals surface area contributed by atoms with Crippen LogP contribution in [0.1, 0.15) is 19.5 Å². The third-order valence-electron chi connectivity index (χ3n) is 2.53. The maximum absolute atomic E-state index is 5.84. The van der Waals surface area contributed by atoms with Crippen LogP contribution >= 0.6 is 31.9 Å². The molecule has 1 aromatic carbocycles. The molecule has 2 aromatic rings. The molecule has 2 nitrogen and oxygen atoms in total. The Balaban J connectivity index is 2.48. The smallest absolute Gasteiger partial charge is 0.145 e. The Hall–Kier alpha value is -0.610. The van der Waals surface area contributed by atoms with Crippen LogP contribution < -0.4 is 4.74 Å². The van der Waals surface area contributed by atoms with Crippen molar-refractivity contribution in [2.75, 3.05) is 6.61 Å². The van der Waals surface area contributed by atoms with E-state index >= 15 is 0 Å². The van der Waals surface area contributed by atoms with Crippen LogP contribution in [0.2, 0.25) is 0 Å². The largest absolute Gasteiger partial charge is 0.491 e. The second-order valence-electron chi connectivity index (χ2n) is 4.58. The topological polar surface area (TPSA) is 22.1 Å². The zero-order chi connectivity index (χ0) is 13.1. The highest BCUT2D eigenvalue weighted by Gasteiger charge is 2.08. The van der Waals surface area contributed by atoms with Gasteiger partial charge in [0.15, 0.2) is 0 Å². The van der Waals surface area contributed by atoms with Gasteiger partial charge in [-0.1, -0.05) is 45.7 Å². The minimum absolute atomic E-state index is 0.503. The van der Waals surface area contributed by atoms with Crippen molar-refractivity contribution in [2.45, 2.75) is 19.2 Å². The van der Waals surface area contributed by atoms with Gasteiger partial charge in [-0.15, -0.1) is 0 Å². The number of alkyl halides is 1. The van der Waals surface area contributed by atoms with Crippen molar-refractivity contribution in [1.29, 1.82) is 0 Å². The third kappa shape index (κ3) is 3.04. The summed E-state index contributed by atoms with van der Waals surface area (Å²) in [6, 6.07) is 8.08. The summed E-state index contributed by atoms with van der Waals surface area (Å²) in [5.41, 5.74) is 1.93. The quantitative estimate of drug-likeness (QED) is 0.710. The molecule has 18 heavy (non-hydrogen) atoms. The number of pyridine rings is 1. The predicted molar refractivity (Wildman–Crippen MR) is 82.4 cm³/mol. The zero-order valence-electron chi connectivity index (χ0n) is 10.4. The fraction of sp³-hybridized carbons (Fsp3) is 0.357. The van der Waals surface area contributed by atoms with Gasteiger partial charge < -0.3 is 4.74 Å². The van der Waals surface area contributed by atoms with E-state index < -0.39 is 0 Å². The normalized spacial score (nSPS) is 11.2. The van der Waals surface area contributed by atoms with E-state index in [1.54, 1.807) is 0 Å². The number of rotatable bonds is 4. The van der Waals surface area contributed by atoms with Gasteiger partial charge in [0.25, 0.3) is 0 Å². The molecule has 0 aliphatic carbocycles. The monoisotopic (exact) mass is 371 g/mol. The van der Waals surface area contributed by atoms with E-state index in [0.717, 1.165) is 32.1 Å². The van der Waals surface area contributed by atoms with Crippen LogP contribution in [0.25, 0.3) is 10.9 Å². The van der Waals surface area contributed by atoms with Gasteiger partial charge in [0.2, 0.25) is 0 Å². The highest BCUT2D eigenvalue weighted by Crippen LogP contribution is 2.31. The van der Waals surface area contributed by atoms with E-state index in [4.69, 9.17) is 4.74 Å². The number of aromatic nitrogens is 1. The average molecular weight is 373 g/mol. The van der Waals surface area contributed by atoms with Crippen molar-refractivity contribution in [3.05, 3.63) is 34.4 Å². The van der Waals surface area contributed by atoms with Gasteiger partial charge in [0, 0.05) is 15.2 Å². The van der Waals surface area contributed by atoms with E-state index in [2.05, 4.69) is 56.8 Å². The number of halogens is 2. The molecule has 0 radical (unpaired) electrons. The van der Waals surface area contributed by atoms with Crippen LogP contribution in [0.3, 0.4) is 0 Å². The Morgan fingerprint density at radius 3 is 2.67 bits per heavy atom. The Morgan fingerprint density at radius 2 is 2.00 bits per heavy atom. The molecule has 0 atom stereocenters. The summed E-state index contributed by atoms with van der Waals surface area (Å²) >= 11 is 6.98. The molecule has 0 unspecified atom stereocenters. The van der Waals surface area contributed by atoms with Crippen molar-refractivity contribution >= 4 is 42.8 Å². The molecule has 0 saturated heterocycles. The lowest BCUT2D eigenvalue weighted by atomic mass is 10.2. The maximum atomic E-state index is 5.84. The summed E-state index contributed by atoms with van der Waals surface area (Å²) in [5.74, 6) is 1.35. The lowest BCUT2D eigenvalue weighted by Gasteiger charge is -2.12. The highest BCUT2D eigenvalue weighted by atomic mass is 79.9. The standard InChI is InChI=1S/C14H15Br2NO/c1-9(2)8-18-13-6-5-12(16)11-4-3-10(7-15)17-14(11)13/h3-6,9H,7-8H2,1-2H3. The number of ether oxygens (including phenoxy) is 1. The molecule has 0 aliphatic rings. The first-order valence-electron chi connectivity index (χ1n) is 5.88. The molecule has 0 N–H and O–H groups in total. The van der Waals surface area contributed by atoms with Crippen molar-refractivity contribution in [3.63, 3.8) is 0 Å². The van der Waals surface area contributed by atoms with Gasteiger partial charge in [0.1, 0.15) is 11.3 Å². The van der Waals surface area contributed by atoms with Crippen molar-refractivity contribution < 1.29 is 4.74 Å². The average Bonchev–Trinajstić information content (AvgIpc) is 2.37. The number of hydrogen-bond acceptors (Lipinski definition) is 2. The molecule has 1 aromatic heterocycles. The molecule has 4 heteroatoms. The van der Waals surface area contributed by atoms with Crippen molar-refractivity contribution in [3.8, 4) is 5.75 Å². The first-order valence-corrected chi connectivity index (χ1v) is 7.80. The van der Waals surface area contributed by atoms with Crippen molar-refractivity contribution in [1.82, 2.24) is 4.98 Å². The summed E-state index contributed by atoms with van der Waals surface area (Å²) in [4.78, 5) is 4.63. The van der Waals surface area contributed by atoms with Crippen LogP contribution in [0.4, 0.5) is 0 Å². The second-order valence-corrected chi connectivity index (χ2v) is 6.00. The Morgan fingerprint density at radius 1 is 1.22 bits per heavy atom. The second kappa shape index (κ2) is 6.02. The fourth-order valence-corrected chi connectivity index (χ4v) is 2.41. The number of benzene rings is 1. The fourth-order valence-electron chi connectivity index (χ4n) is 1.65. The lowest BCUT2D eigenvalue weighted by Crippen LogP contribution is -2.05. The Bertz CT molecular complexity index is 555. The summed E-state index contributed by atoms with van der Waals surface area (Å²) < 4.78 is 6.88. The first kappa shape index (κ1) is 13.8. The van der Waals surface area contributed by atoms with E-state index in [-0.39, 0.29) is 0 Å². The number of nitrogens with zero attached hydrogens (tertiary/aromatic N) is 1. The van der Waals surface area contributed by atoms with Crippen LogP contribution in [0, 0.1) is 5.92 Å². The summed E-state index contributed by atoms with van der Waals surface area (Å²) in [7, 11) is 0. The summed E-state index contributed by atoms with van der Waals surface area (Å²) in [5, 5.41) is 1.83. The third-order valence-corrected chi connectivity index (χ3v) is 3.80. The van der Waals surface area contributed by atoms with Crippen LogP contribution in [-0.2, 0) is 5.33 Å². The van der Waals surface area contributed by atoms with E-state index in [1.165, 1.54) is 0 Å². The Kier molecular flexibility index (Phi) is 4.62. The van der Waals surface area contributed by atoms with Gasteiger partial charge in [-0.3, -0.25) is 0 Å². The predicted octanol–water partition coefficient (Wildman–Crippen LogP) is 4.93. The minimum Gasteiger partial charge on any atom is -0.491 e. The van der Waals surface area contributed by atoms with Crippen LogP contribution in [0.5, 0.6) is 5.75 Å². The zero-order valence-corrected chi connectivity index (χ0v) is 13.6. The van der Waals surface area contributed by atoms with E-state index in [9.17, 15) is 0 Å². The summed E-state index contributed by atoms with van der Waals surface area (Å²) in [6.45, 7) is 4.98. The molecular formula is C14H15Br2NO. The molecule has 0 saturated carbocycles. The molecule has 0 spiro atoms. The lowest BCUT2D eigenvalue weighted by molar-refractivity contribution is 0.273. The molecule has 96 valence electrons. The SMILES string of the molecule is CC(C)COc1ccc(Br)c2ccc(CBr)nc12. The molecule has 0 aliphatic heterocycles. The molecule has 0 fully saturated rings. The molecule has 2 rings (SSSR count). The van der Waals surface area contributed by atoms with Gasteiger partial charge in [-0.05, 0) is 30.2 Å². The maximum Gasteiger partial charge on any atom is 0.145 e. The Labute approximate surface area is 124 Å². The van der Waals surface area contributed by atoms with Crippen molar-refractivity contribution in [2.24, 2.45) is 5.92 Å². The number of hydrogen-bond donors (Lipinski definition) is 0. The van der Waals surface area contributed by atoms with Gasteiger partial charge in [-0.25, -0.2) is 4.98 Å². The molecule has 0 amide bonds. The minimum atomic E-state index is 0.503. The van der Waals surface area contributed by atoms with E-state index in [0.29, 0.717) is 12.5 Å². The molecule has 1 heterocycles. The number of fused-ring (bicyclic) bond motifs is 1. The van der Waals surface area contributed by atoms with Crippen LogP contribution in [0.15, 0.2) is 28.7 Å². The van der Waals surface area contributed by atoms with Crippen LogP contribution in [-0.4, -0.2) is 11.6 Å². The molecular weight excluding hydrogens is 358 g/mol. The van der Waals surface area contributed by atoms with Gasteiger partial charge in [0.05, 0.1) is 12.3 Å². The first-order chi connectivity index (χ1) is 8.61. The summed E-state index contributed by atoms with van der Waals surface area (Å²) in [6.07, 6.45) is 0. The van der Waals surface area contributed by atoms with E-state index in [1.807, 2.05) is 18.2 Å². The van der Waals surface area contributed by atoms with Gasteiger partial charge >= 0.3 is 0 Å².